The maximum atomic E-state index is 12.6. The number of hydrogen-bond acceptors (Lipinski definition) is 5. The molecule has 0 aromatic heterocycles. The van der Waals surface area contributed by atoms with Crippen LogP contribution in [0, 0.1) is 0 Å². The van der Waals surface area contributed by atoms with Crippen LogP contribution in [-0.4, -0.2) is 50.9 Å². The summed E-state index contributed by atoms with van der Waals surface area (Å²) in [6.07, 6.45) is -2.95. The maximum Gasteiger partial charge on any atom is 0.422 e. The van der Waals surface area contributed by atoms with E-state index in [1.807, 2.05) is 66.7 Å². The lowest BCUT2D eigenvalue weighted by Crippen LogP contribution is -2.51. The van der Waals surface area contributed by atoms with Crippen molar-refractivity contribution in [3.63, 3.8) is 0 Å². The zero-order valence-electron chi connectivity index (χ0n) is 21.8. The first-order valence-electron chi connectivity index (χ1n) is 13.1. The van der Waals surface area contributed by atoms with Gasteiger partial charge < -0.3 is 14.4 Å². The molecule has 40 heavy (non-hydrogen) atoms. The van der Waals surface area contributed by atoms with Crippen LogP contribution < -0.4 is 4.74 Å². The number of alkyl halides is 3. The summed E-state index contributed by atoms with van der Waals surface area (Å²) in [5.74, 6) is 0.744. The van der Waals surface area contributed by atoms with Crippen LogP contribution in [0.3, 0.4) is 0 Å². The van der Waals surface area contributed by atoms with Crippen LogP contribution >= 0.6 is 0 Å². The first kappa shape index (κ1) is 28.0. The molecule has 2 aliphatic rings. The van der Waals surface area contributed by atoms with Crippen molar-refractivity contribution in [1.82, 2.24) is 4.90 Å². The van der Waals surface area contributed by atoms with Crippen LogP contribution in [0.5, 0.6) is 5.75 Å². The lowest BCUT2D eigenvalue weighted by atomic mass is 9.82. The Morgan fingerprint density at radius 1 is 0.875 bits per heavy atom. The van der Waals surface area contributed by atoms with Crippen molar-refractivity contribution in [2.45, 2.75) is 49.0 Å². The second-order valence-electron chi connectivity index (χ2n) is 10.5. The first-order valence-corrected chi connectivity index (χ1v) is 15.0. The molecule has 1 saturated heterocycles. The minimum atomic E-state index is -4.55. The summed E-state index contributed by atoms with van der Waals surface area (Å²) >= 11 is 0. The monoisotopic (exact) mass is 573 g/mol. The first-order chi connectivity index (χ1) is 19.0. The zero-order chi connectivity index (χ0) is 28.4. The number of fused-ring (bicyclic) bond motifs is 1. The second-order valence-corrected chi connectivity index (χ2v) is 12.5. The molecule has 0 unspecified atom stereocenters. The van der Waals surface area contributed by atoms with Crippen molar-refractivity contribution >= 4 is 15.9 Å². The molecule has 0 aliphatic carbocycles. The van der Waals surface area contributed by atoms with Crippen molar-refractivity contribution in [3.05, 3.63) is 89.5 Å². The third kappa shape index (κ3) is 6.96. The molecule has 0 atom stereocenters. The van der Waals surface area contributed by atoms with E-state index in [2.05, 4.69) is 10.8 Å². The van der Waals surface area contributed by atoms with Crippen LogP contribution in [0.2, 0.25) is 0 Å². The highest BCUT2D eigenvalue weighted by molar-refractivity contribution is 7.89. The largest absolute Gasteiger partial charge is 0.487 e. The molecule has 1 spiro atoms. The van der Waals surface area contributed by atoms with Crippen molar-refractivity contribution in [1.29, 1.82) is 0 Å². The SMILES string of the molecule is O=C(OCC(F)(F)F)N1CCC2(CCc3cc(-c4ccc(CS(=O)(=O)Cc5ccccc5)cc4)ccc3O2)CC1. The quantitative estimate of drug-likeness (QED) is 0.345. The molecule has 1 amide bonds. The highest BCUT2D eigenvalue weighted by Crippen LogP contribution is 2.41. The average Bonchev–Trinajstić information content (AvgIpc) is 2.92. The Hall–Kier alpha value is -3.53. The molecule has 3 aromatic carbocycles. The molecule has 2 heterocycles. The minimum absolute atomic E-state index is 0.00206. The van der Waals surface area contributed by atoms with Gasteiger partial charge in [0.1, 0.15) is 11.4 Å². The van der Waals surface area contributed by atoms with Gasteiger partial charge in [0.2, 0.25) is 0 Å². The van der Waals surface area contributed by atoms with E-state index in [1.54, 1.807) is 0 Å². The highest BCUT2D eigenvalue weighted by Gasteiger charge is 2.41. The third-order valence-electron chi connectivity index (χ3n) is 7.43. The van der Waals surface area contributed by atoms with E-state index < -0.39 is 34.3 Å². The van der Waals surface area contributed by atoms with Crippen LogP contribution in [-0.2, 0) is 32.5 Å². The van der Waals surface area contributed by atoms with Crippen LogP contribution in [0.25, 0.3) is 11.1 Å². The summed E-state index contributed by atoms with van der Waals surface area (Å²) in [7, 11) is -3.30. The minimum Gasteiger partial charge on any atom is -0.487 e. The number of nitrogens with zero attached hydrogens (tertiary/aromatic N) is 1. The number of piperidine rings is 1. The molecule has 0 radical (unpaired) electrons. The molecule has 3 aromatic rings. The van der Waals surface area contributed by atoms with E-state index in [9.17, 15) is 26.4 Å². The van der Waals surface area contributed by atoms with E-state index in [0.29, 0.717) is 12.8 Å². The summed E-state index contributed by atoms with van der Waals surface area (Å²) < 4.78 is 73.1. The number of ether oxygens (including phenoxy) is 2. The fourth-order valence-electron chi connectivity index (χ4n) is 5.31. The molecule has 6 nitrogen and oxygen atoms in total. The maximum absolute atomic E-state index is 12.6. The molecular formula is C30H30F3NO5S. The number of benzene rings is 3. The van der Waals surface area contributed by atoms with Gasteiger partial charge in [0.05, 0.1) is 11.5 Å². The van der Waals surface area contributed by atoms with E-state index in [0.717, 1.165) is 46.4 Å². The van der Waals surface area contributed by atoms with Gasteiger partial charge >= 0.3 is 12.3 Å². The standard InChI is InChI=1S/C30H30F3NO5S/c31-30(32,33)21-38-28(35)34-16-14-29(15-17-34)13-12-26-18-25(10-11-27(26)39-29)24-8-6-23(7-9-24)20-40(36,37)19-22-4-2-1-3-5-22/h1-11,18H,12-17,19-21H2. The van der Waals surface area contributed by atoms with Crippen molar-refractivity contribution < 1.29 is 35.9 Å². The fraction of sp³-hybridized carbons (Fsp3) is 0.367. The second kappa shape index (κ2) is 11.2. The highest BCUT2D eigenvalue weighted by atomic mass is 32.2. The zero-order valence-corrected chi connectivity index (χ0v) is 22.6. The van der Waals surface area contributed by atoms with E-state index >= 15 is 0 Å². The molecule has 0 bridgehead atoms. The number of halogens is 3. The predicted molar refractivity (Wildman–Crippen MR) is 145 cm³/mol. The Balaban J connectivity index is 1.18. The molecule has 2 aliphatic heterocycles. The summed E-state index contributed by atoms with van der Waals surface area (Å²) in [5.41, 5.74) is 4.08. The van der Waals surface area contributed by atoms with Gasteiger partial charge in [0.15, 0.2) is 16.4 Å². The van der Waals surface area contributed by atoms with Gasteiger partial charge in [0, 0.05) is 25.9 Å². The van der Waals surface area contributed by atoms with Crippen molar-refractivity contribution in [3.8, 4) is 16.9 Å². The molecule has 0 saturated carbocycles. The summed E-state index contributed by atoms with van der Waals surface area (Å²) in [6.45, 7) is -1.04. The predicted octanol–water partition coefficient (Wildman–Crippen LogP) is 6.33. The van der Waals surface area contributed by atoms with Gasteiger partial charge in [-0.15, -0.1) is 0 Å². The Kier molecular flexibility index (Phi) is 7.81. The number of aryl methyl sites for hydroxylation is 1. The Bertz CT molecular complexity index is 1450. The molecule has 0 N–H and O–H groups in total. The third-order valence-corrected chi connectivity index (χ3v) is 8.98. The number of hydrogen-bond donors (Lipinski definition) is 0. The van der Waals surface area contributed by atoms with E-state index in [4.69, 9.17) is 4.74 Å². The molecular weight excluding hydrogens is 543 g/mol. The summed E-state index contributed by atoms with van der Waals surface area (Å²) in [5, 5.41) is 0. The Morgan fingerprint density at radius 2 is 1.50 bits per heavy atom. The molecule has 1 fully saturated rings. The van der Waals surface area contributed by atoms with Crippen LogP contribution in [0.15, 0.2) is 72.8 Å². The number of amides is 1. The molecule has 10 heteroatoms. The number of carbonyl (C=O) groups is 1. The summed E-state index contributed by atoms with van der Waals surface area (Å²) in [6, 6.07) is 22.6. The fourth-order valence-corrected chi connectivity index (χ4v) is 6.81. The summed E-state index contributed by atoms with van der Waals surface area (Å²) in [4.78, 5) is 13.3. The smallest absolute Gasteiger partial charge is 0.422 e. The normalized spacial score (nSPS) is 16.7. The van der Waals surface area contributed by atoms with Crippen molar-refractivity contribution in [2.24, 2.45) is 0 Å². The van der Waals surface area contributed by atoms with Gasteiger partial charge in [-0.2, -0.15) is 13.2 Å². The Morgan fingerprint density at radius 3 is 2.15 bits per heavy atom. The van der Waals surface area contributed by atoms with Gasteiger partial charge in [-0.05, 0) is 52.8 Å². The number of rotatable bonds is 6. The number of likely N-dealkylation sites (tertiary alicyclic amines) is 1. The molecule has 212 valence electrons. The lowest BCUT2D eigenvalue weighted by molar-refractivity contribution is -0.163. The lowest BCUT2D eigenvalue weighted by Gasteiger charge is -2.44. The van der Waals surface area contributed by atoms with Crippen molar-refractivity contribution in [2.75, 3.05) is 19.7 Å². The van der Waals surface area contributed by atoms with Crippen LogP contribution in [0.1, 0.15) is 36.0 Å². The van der Waals surface area contributed by atoms with Crippen LogP contribution in [0.4, 0.5) is 18.0 Å². The van der Waals surface area contributed by atoms with Gasteiger partial charge in [-0.3, -0.25) is 0 Å². The topological polar surface area (TPSA) is 72.9 Å². The van der Waals surface area contributed by atoms with E-state index in [1.165, 1.54) is 4.90 Å². The van der Waals surface area contributed by atoms with Gasteiger partial charge in [-0.1, -0.05) is 60.7 Å². The van der Waals surface area contributed by atoms with E-state index in [-0.39, 0.29) is 24.6 Å². The Labute approximate surface area is 231 Å². The molecule has 5 rings (SSSR count). The van der Waals surface area contributed by atoms with Gasteiger partial charge in [0.25, 0.3) is 0 Å². The number of carbonyl (C=O) groups excluding carboxylic acids is 1. The number of sulfone groups is 1. The van der Waals surface area contributed by atoms with Gasteiger partial charge in [-0.25, -0.2) is 13.2 Å². The average molecular weight is 574 g/mol.